The average molecular weight is 204 g/mol. The summed E-state index contributed by atoms with van der Waals surface area (Å²) in [6.45, 7) is 1.72. The molecule has 0 aliphatic rings. The van der Waals surface area contributed by atoms with Gasteiger partial charge in [0.15, 0.2) is 10.3 Å². The van der Waals surface area contributed by atoms with Crippen LogP contribution in [0.3, 0.4) is 0 Å². The molecule has 0 aliphatic heterocycles. The van der Waals surface area contributed by atoms with E-state index in [1.807, 2.05) is 4.72 Å². The van der Waals surface area contributed by atoms with Crippen molar-refractivity contribution in [1.29, 1.82) is 0 Å². The molecule has 1 rings (SSSR count). The van der Waals surface area contributed by atoms with Crippen LogP contribution in [0.5, 0.6) is 0 Å². The van der Waals surface area contributed by atoms with Crippen molar-refractivity contribution >= 4 is 16.0 Å². The fourth-order valence-electron chi connectivity index (χ4n) is 0.822. The summed E-state index contributed by atoms with van der Waals surface area (Å²) in [5.74, 6) is 0. The summed E-state index contributed by atoms with van der Waals surface area (Å²) in [7, 11) is -4.40. The maximum absolute atomic E-state index is 10.3. The van der Waals surface area contributed by atoms with Crippen LogP contribution in [-0.2, 0) is 10.3 Å². The van der Waals surface area contributed by atoms with Crippen LogP contribution in [0, 0.1) is 6.92 Å². The van der Waals surface area contributed by atoms with E-state index in [1.54, 1.807) is 25.1 Å². The van der Waals surface area contributed by atoms with Gasteiger partial charge in [0, 0.05) is 0 Å². The zero-order valence-corrected chi connectivity index (χ0v) is 8.26. The van der Waals surface area contributed by atoms with E-state index in [9.17, 15) is 13.0 Å². The van der Waals surface area contributed by atoms with Gasteiger partial charge in [-0.3, -0.25) is 4.72 Å². The molecule has 0 aliphatic carbocycles. The summed E-state index contributed by atoms with van der Waals surface area (Å²) in [4.78, 5) is 0. The highest BCUT2D eigenvalue weighted by atomic mass is 32.2. The van der Waals surface area contributed by atoms with E-state index in [0.29, 0.717) is 5.69 Å². The maximum atomic E-state index is 10.3. The SMILES string of the molecule is Cc1ccccc1NS(=O)(=O)[O-].[NH4+]. The van der Waals surface area contributed by atoms with Crippen LogP contribution in [0.4, 0.5) is 5.69 Å². The van der Waals surface area contributed by atoms with Crippen LogP contribution in [0.15, 0.2) is 24.3 Å². The van der Waals surface area contributed by atoms with Crippen LogP contribution in [0.1, 0.15) is 5.56 Å². The second kappa shape index (κ2) is 4.22. The Hall–Kier alpha value is -1.11. The lowest BCUT2D eigenvalue weighted by Gasteiger charge is -2.11. The Balaban J connectivity index is 0.00000144. The molecule has 5 nitrogen and oxygen atoms in total. The van der Waals surface area contributed by atoms with Crippen LogP contribution in [0.25, 0.3) is 0 Å². The summed E-state index contributed by atoms with van der Waals surface area (Å²) in [6, 6.07) is 6.66. The van der Waals surface area contributed by atoms with Crippen molar-refractivity contribution in [2.45, 2.75) is 6.92 Å². The smallest absolute Gasteiger partial charge is 0.181 e. The average Bonchev–Trinajstić information content (AvgIpc) is 1.91. The molecule has 0 atom stereocenters. The van der Waals surface area contributed by atoms with Crippen molar-refractivity contribution in [1.82, 2.24) is 6.15 Å². The lowest BCUT2D eigenvalue weighted by atomic mass is 10.2. The minimum Gasteiger partial charge on any atom is -0.731 e. The first-order valence-corrected chi connectivity index (χ1v) is 4.69. The first kappa shape index (κ1) is 11.9. The number of quaternary nitrogens is 1. The number of nitrogens with one attached hydrogen (secondary N) is 1. The van der Waals surface area contributed by atoms with E-state index in [1.165, 1.54) is 6.07 Å². The van der Waals surface area contributed by atoms with E-state index in [0.717, 1.165) is 5.56 Å². The van der Waals surface area contributed by atoms with Gasteiger partial charge < -0.3 is 10.7 Å². The van der Waals surface area contributed by atoms with Crippen molar-refractivity contribution in [2.75, 3.05) is 4.72 Å². The van der Waals surface area contributed by atoms with Gasteiger partial charge in [-0.05, 0) is 18.6 Å². The highest BCUT2D eigenvalue weighted by molar-refractivity contribution is 7.87. The van der Waals surface area contributed by atoms with Crippen molar-refractivity contribution in [3.8, 4) is 0 Å². The number of aryl methyl sites for hydroxylation is 1. The number of anilines is 1. The Morgan fingerprint density at radius 1 is 1.31 bits per heavy atom. The molecule has 0 radical (unpaired) electrons. The number of benzene rings is 1. The fraction of sp³-hybridized carbons (Fsp3) is 0.143. The van der Waals surface area contributed by atoms with E-state index < -0.39 is 10.3 Å². The first-order chi connectivity index (χ1) is 5.49. The van der Waals surface area contributed by atoms with Gasteiger partial charge in [-0.1, -0.05) is 18.2 Å². The largest absolute Gasteiger partial charge is 0.731 e. The quantitative estimate of drug-likeness (QED) is 0.708. The summed E-state index contributed by atoms with van der Waals surface area (Å²) >= 11 is 0. The molecule has 1 aromatic rings. The third-order valence-electron chi connectivity index (χ3n) is 1.38. The van der Waals surface area contributed by atoms with Crippen molar-refractivity contribution in [3.63, 3.8) is 0 Å². The third kappa shape index (κ3) is 3.88. The van der Waals surface area contributed by atoms with E-state index in [2.05, 4.69) is 0 Å². The highest BCUT2D eigenvalue weighted by Gasteiger charge is 1.97. The van der Waals surface area contributed by atoms with Gasteiger partial charge in [-0.15, -0.1) is 0 Å². The number of para-hydroxylation sites is 1. The monoisotopic (exact) mass is 204 g/mol. The fourth-order valence-corrected chi connectivity index (χ4v) is 1.32. The van der Waals surface area contributed by atoms with Gasteiger partial charge in [0.2, 0.25) is 0 Å². The molecule has 0 unspecified atom stereocenters. The topological polar surface area (TPSA) is 106 Å². The van der Waals surface area contributed by atoms with Crippen molar-refractivity contribution < 1.29 is 13.0 Å². The molecule has 6 heteroatoms. The van der Waals surface area contributed by atoms with Gasteiger partial charge in [0.25, 0.3) is 0 Å². The lowest BCUT2D eigenvalue weighted by molar-refractivity contribution is 0.469. The first-order valence-electron chi connectivity index (χ1n) is 3.28. The Bertz CT molecular complexity index is 375. The Morgan fingerprint density at radius 2 is 1.85 bits per heavy atom. The molecule has 0 fully saturated rings. The summed E-state index contributed by atoms with van der Waals surface area (Å²) in [5, 5.41) is 0. The van der Waals surface area contributed by atoms with Gasteiger partial charge in [-0.25, -0.2) is 8.42 Å². The van der Waals surface area contributed by atoms with Gasteiger partial charge in [-0.2, -0.15) is 0 Å². The molecule has 0 heterocycles. The van der Waals surface area contributed by atoms with E-state index in [4.69, 9.17) is 0 Å². The Kier molecular flexibility index (Phi) is 3.86. The summed E-state index contributed by atoms with van der Waals surface area (Å²) in [5.41, 5.74) is 1.05. The van der Waals surface area contributed by atoms with Crippen LogP contribution in [-0.4, -0.2) is 13.0 Å². The third-order valence-corrected chi connectivity index (χ3v) is 1.85. The van der Waals surface area contributed by atoms with Gasteiger partial charge in [0.1, 0.15) is 0 Å². The second-order valence-corrected chi connectivity index (χ2v) is 3.48. The summed E-state index contributed by atoms with van der Waals surface area (Å²) in [6.07, 6.45) is 0. The summed E-state index contributed by atoms with van der Waals surface area (Å²) < 4.78 is 32.7. The number of rotatable bonds is 2. The molecular weight excluding hydrogens is 192 g/mol. The van der Waals surface area contributed by atoms with E-state index in [-0.39, 0.29) is 6.15 Å². The zero-order valence-electron chi connectivity index (χ0n) is 7.44. The van der Waals surface area contributed by atoms with Gasteiger partial charge >= 0.3 is 0 Å². The molecule has 74 valence electrons. The molecule has 0 bridgehead atoms. The normalized spacial score (nSPS) is 10.3. The second-order valence-electron chi connectivity index (χ2n) is 2.37. The van der Waals surface area contributed by atoms with Crippen molar-refractivity contribution in [3.05, 3.63) is 29.8 Å². The maximum Gasteiger partial charge on any atom is 0.181 e. The predicted molar refractivity (Wildman–Crippen MR) is 50.5 cm³/mol. The number of hydrogen-bond donors (Lipinski definition) is 2. The molecule has 1 aromatic carbocycles. The van der Waals surface area contributed by atoms with Crippen LogP contribution in [0.2, 0.25) is 0 Å². The molecule has 0 saturated heterocycles. The predicted octanol–water partition coefficient (Wildman–Crippen LogP) is 1.24. The molecule has 0 amide bonds. The lowest BCUT2D eigenvalue weighted by Crippen LogP contribution is -2.11. The molecule has 5 N–H and O–H groups in total. The van der Waals surface area contributed by atoms with Crippen LogP contribution < -0.4 is 10.9 Å². The molecular formula is C7H12N2O3S. The highest BCUT2D eigenvalue weighted by Crippen LogP contribution is 2.13. The molecule has 13 heavy (non-hydrogen) atoms. The zero-order chi connectivity index (χ0) is 9.19. The van der Waals surface area contributed by atoms with E-state index >= 15 is 0 Å². The molecule has 0 aromatic heterocycles. The standard InChI is InChI=1S/C7H9NO3S.H3N/c1-6-4-2-3-5-7(6)8-12(9,10)11;/h2-5,8H,1H3,(H,9,10,11);1H3. The Morgan fingerprint density at radius 3 is 2.31 bits per heavy atom. The van der Waals surface area contributed by atoms with Crippen molar-refractivity contribution in [2.24, 2.45) is 0 Å². The van der Waals surface area contributed by atoms with Gasteiger partial charge in [0.05, 0.1) is 5.69 Å². The van der Waals surface area contributed by atoms with Crippen LogP contribution >= 0.6 is 0 Å². The minimum atomic E-state index is -4.40. The molecule has 0 spiro atoms. The molecule has 0 saturated carbocycles. The minimum absolute atomic E-state index is 0. The Labute approximate surface area is 77.2 Å². The number of hydrogen-bond acceptors (Lipinski definition) is 3.